The van der Waals surface area contributed by atoms with E-state index < -0.39 is 15.6 Å². The number of hydrogen-bond donors (Lipinski definition) is 1. The summed E-state index contributed by atoms with van der Waals surface area (Å²) in [7, 11) is -2.13. The molecule has 4 aromatic rings. The summed E-state index contributed by atoms with van der Waals surface area (Å²) in [6.07, 6.45) is 2.92. The lowest BCUT2D eigenvalue weighted by atomic mass is 9.99. The van der Waals surface area contributed by atoms with E-state index in [4.69, 9.17) is 9.72 Å². The largest absolute Gasteiger partial charge is 0.444 e. The summed E-state index contributed by atoms with van der Waals surface area (Å²) in [6, 6.07) is 10.6. The van der Waals surface area contributed by atoms with Gasteiger partial charge in [0.05, 0.1) is 6.26 Å². The lowest BCUT2D eigenvalue weighted by Gasteiger charge is -2.31. The van der Waals surface area contributed by atoms with Crippen LogP contribution in [0.3, 0.4) is 0 Å². The average molecular weight is 609 g/mol. The van der Waals surface area contributed by atoms with E-state index in [1.54, 1.807) is 27.8 Å². The third-order valence-electron chi connectivity index (χ3n) is 7.00. The quantitative estimate of drug-likeness (QED) is 0.343. The molecule has 0 spiro atoms. The molecule has 1 aromatic carbocycles. The van der Waals surface area contributed by atoms with Crippen molar-refractivity contribution in [3.63, 3.8) is 0 Å². The van der Waals surface area contributed by atoms with Crippen molar-refractivity contribution in [2.75, 3.05) is 29.5 Å². The summed E-state index contributed by atoms with van der Waals surface area (Å²) in [6.45, 7) is 10.3. The van der Waals surface area contributed by atoms with Crippen molar-refractivity contribution >= 4 is 44.6 Å². The Morgan fingerprint density at radius 2 is 1.86 bits per heavy atom. The molecule has 0 radical (unpaired) electrons. The van der Waals surface area contributed by atoms with Crippen molar-refractivity contribution in [3.8, 4) is 5.82 Å². The van der Waals surface area contributed by atoms with Crippen LogP contribution >= 0.6 is 0 Å². The number of nitrogens with one attached hydrogen (secondary N) is 1. The number of anilines is 3. The molecule has 0 bridgehead atoms. The third-order valence-corrected chi connectivity index (χ3v) is 8.18. The zero-order valence-electron chi connectivity index (χ0n) is 25.3. The maximum atomic E-state index is 13.4. The van der Waals surface area contributed by atoms with Crippen molar-refractivity contribution < 1.29 is 17.9 Å². The van der Waals surface area contributed by atoms with Crippen LogP contribution in [0.1, 0.15) is 51.8 Å². The second-order valence-corrected chi connectivity index (χ2v) is 13.8. The molecule has 1 N–H and O–H groups in total. The molecule has 5 rings (SSSR count). The highest BCUT2D eigenvalue weighted by atomic mass is 32.2. The monoisotopic (exact) mass is 608 g/mol. The van der Waals surface area contributed by atoms with E-state index in [2.05, 4.69) is 15.3 Å². The standard InChI is InChI=1S/C29H36N8O5S/c1-18(2)36-26(38)22-16-30-27(33-25(22)37(36)24-10-8-9-23(32-24)34(6)43(7,40)41)31-21-12-11-20-17-35(14-13-19(20)15-21)28(39)42-29(3,4)5/h8-12,15-16,18H,13-14,17H2,1-7H3,(H,30,31,33). The summed E-state index contributed by atoms with van der Waals surface area (Å²) in [4.78, 5) is 41.3. The molecule has 14 heteroatoms. The highest BCUT2D eigenvalue weighted by Crippen LogP contribution is 2.26. The van der Waals surface area contributed by atoms with Gasteiger partial charge in [0.2, 0.25) is 16.0 Å². The van der Waals surface area contributed by atoms with Gasteiger partial charge in [-0.1, -0.05) is 12.1 Å². The maximum Gasteiger partial charge on any atom is 0.410 e. The van der Waals surface area contributed by atoms with Crippen LogP contribution in [0, 0.1) is 0 Å². The average Bonchev–Trinajstić information content (AvgIpc) is 3.22. The molecule has 1 aliphatic heterocycles. The SMILES string of the molecule is CC(C)n1c(=O)c2cnc(Nc3ccc4c(c3)CCN(C(=O)OC(C)(C)C)C4)nc2n1-c1cccc(N(C)S(C)(=O)=O)n1. The number of carbonyl (C=O) groups is 1. The van der Waals surface area contributed by atoms with Crippen LogP contribution in [-0.4, -0.2) is 69.2 Å². The number of amides is 1. The van der Waals surface area contributed by atoms with Gasteiger partial charge in [-0.2, -0.15) is 4.98 Å². The number of fused-ring (bicyclic) bond motifs is 2. The minimum absolute atomic E-state index is 0.205. The van der Waals surface area contributed by atoms with E-state index in [1.807, 2.05) is 52.8 Å². The smallest absolute Gasteiger partial charge is 0.410 e. The van der Waals surface area contributed by atoms with Crippen molar-refractivity contribution in [3.05, 3.63) is 64.1 Å². The lowest BCUT2D eigenvalue weighted by Crippen LogP contribution is -2.39. The first-order chi connectivity index (χ1) is 20.1. The van der Waals surface area contributed by atoms with Gasteiger partial charge in [0.15, 0.2) is 11.5 Å². The second kappa shape index (κ2) is 11.0. The van der Waals surface area contributed by atoms with Gasteiger partial charge in [0.25, 0.3) is 5.56 Å². The molecule has 0 saturated carbocycles. The van der Waals surface area contributed by atoms with E-state index in [-0.39, 0.29) is 29.5 Å². The highest BCUT2D eigenvalue weighted by Gasteiger charge is 2.26. The first-order valence-corrected chi connectivity index (χ1v) is 15.8. The number of carbonyl (C=O) groups excluding carboxylic acids is 1. The molecule has 0 fully saturated rings. The van der Waals surface area contributed by atoms with Crippen LogP contribution < -0.4 is 15.2 Å². The second-order valence-electron chi connectivity index (χ2n) is 11.8. The van der Waals surface area contributed by atoms with E-state index in [1.165, 1.54) is 17.9 Å². The van der Waals surface area contributed by atoms with E-state index >= 15 is 0 Å². The summed E-state index contributed by atoms with van der Waals surface area (Å²) < 4.78 is 34.0. The Kier molecular flexibility index (Phi) is 7.67. The summed E-state index contributed by atoms with van der Waals surface area (Å²) in [5.41, 5.74) is 2.38. The van der Waals surface area contributed by atoms with Gasteiger partial charge in [0, 0.05) is 38.1 Å². The molecule has 0 saturated heterocycles. The number of nitrogens with zero attached hydrogens (tertiary/aromatic N) is 7. The van der Waals surface area contributed by atoms with Gasteiger partial charge in [-0.05, 0) is 76.4 Å². The van der Waals surface area contributed by atoms with Gasteiger partial charge < -0.3 is 15.0 Å². The lowest BCUT2D eigenvalue weighted by molar-refractivity contribution is 0.0224. The molecular formula is C29H36N8O5S. The van der Waals surface area contributed by atoms with E-state index in [9.17, 15) is 18.0 Å². The molecule has 0 aliphatic carbocycles. The topological polar surface area (TPSA) is 145 Å². The number of pyridine rings is 1. The van der Waals surface area contributed by atoms with Gasteiger partial charge in [-0.15, -0.1) is 0 Å². The first-order valence-electron chi connectivity index (χ1n) is 13.9. The Morgan fingerprint density at radius 3 is 2.53 bits per heavy atom. The molecule has 1 amide bonds. The Bertz CT molecular complexity index is 1870. The van der Waals surface area contributed by atoms with E-state index in [0.717, 1.165) is 27.4 Å². The first kappa shape index (κ1) is 30.0. The van der Waals surface area contributed by atoms with Crippen LogP contribution in [0.4, 0.5) is 22.2 Å². The predicted octanol–water partition coefficient (Wildman–Crippen LogP) is 3.99. The van der Waals surface area contributed by atoms with Gasteiger partial charge in [-0.3, -0.25) is 9.10 Å². The fraction of sp³-hybridized carbons (Fsp3) is 0.414. The zero-order valence-corrected chi connectivity index (χ0v) is 26.1. The molecule has 1 aliphatic rings. The highest BCUT2D eigenvalue weighted by molar-refractivity contribution is 7.92. The Balaban J connectivity index is 1.48. The number of aromatic nitrogens is 5. The molecule has 0 atom stereocenters. The van der Waals surface area contributed by atoms with Gasteiger partial charge >= 0.3 is 6.09 Å². The summed E-state index contributed by atoms with van der Waals surface area (Å²) >= 11 is 0. The molecule has 228 valence electrons. The van der Waals surface area contributed by atoms with Crippen molar-refractivity contribution in [1.29, 1.82) is 0 Å². The number of rotatable bonds is 6. The molecular weight excluding hydrogens is 572 g/mol. The van der Waals surface area contributed by atoms with Crippen molar-refractivity contribution in [1.82, 2.24) is 29.2 Å². The Hall–Kier alpha value is -4.46. The fourth-order valence-corrected chi connectivity index (χ4v) is 5.31. The minimum atomic E-state index is -3.55. The summed E-state index contributed by atoms with van der Waals surface area (Å²) in [5, 5.41) is 3.54. The molecule has 3 aromatic heterocycles. The van der Waals surface area contributed by atoms with Gasteiger partial charge in [0.1, 0.15) is 16.8 Å². The fourth-order valence-electron chi connectivity index (χ4n) is 4.86. The van der Waals surface area contributed by atoms with Crippen LogP contribution in [-0.2, 0) is 27.7 Å². The van der Waals surface area contributed by atoms with Crippen LogP contribution in [0.15, 0.2) is 47.4 Å². The Labute approximate surface area is 250 Å². The molecule has 13 nitrogen and oxygen atoms in total. The van der Waals surface area contributed by atoms with Crippen molar-refractivity contribution in [2.45, 2.75) is 59.2 Å². The maximum absolute atomic E-state index is 13.4. The molecule has 4 heterocycles. The zero-order chi connectivity index (χ0) is 31.3. The predicted molar refractivity (Wildman–Crippen MR) is 165 cm³/mol. The number of ether oxygens (including phenoxy) is 1. The van der Waals surface area contributed by atoms with Crippen LogP contribution in [0.5, 0.6) is 0 Å². The number of sulfonamides is 1. The van der Waals surface area contributed by atoms with Crippen molar-refractivity contribution in [2.24, 2.45) is 0 Å². The van der Waals surface area contributed by atoms with Gasteiger partial charge in [-0.25, -0.2) is 32.5 Å². The van der Waals surface area contributed by atoms with E-state index in [0.29, 0.717) is 36.4 Å². The Morgan fingerprint density at radius 1 is 1.12 bits per heavy atom. The molecule has 43 heavy (non-hydrogen) atoms. The van der Waals surface area contributed by atoms with Crippen LogP contribution in [0.2, 0.25) is 0 Å². The number of benzene rings is 1. The van der Waals surface area contributed by atoms with Crippen LogP contribution in [0.25, 0.3) is 16.9 Å². The molecule has 0 unspecified atom stereocenters. The minimum Gasteiger partial charge on any atom is -0.444 e. The normalized spacial score (nSPS) is 13.7. The third kappa shape index (κ3) is 6.19. The number of hydrogen-bond acceptors (Lipinski definition) is 9. The summed E-state index contributed by atoms with van der Waals surface area (Å²) in [5.74, 6) is 0.816.